The number of ether oxygens (including phenoxy) is 1. The first-order valence-electron chi connectivity index (χ1n) is 9.96. The van der Waals surface area contributed by atoms with E-state index >= 15 is 0 Å². The fraction of sp³-hybridized carbons (Fsp3) is 0.409. The van der Waals surface area contributed by atoms with Gasteiger partial charge in [-0.05, 0) is 49.6 Å². The summed E-state index contributed by atoms with van der Waals surface area (Å²) in [5, 5.41) is 0. The van der Waals surface area contributed by atoms with Gasteiger partial charge in [-0.15, -0.1) is 0 Å². The van der Waals surface area contributed by atoms with Crippen molar-refractivity contribution in [3.63, 3.8) is 0 Å². The predicted octanol–water partition coefficient (Wildman–Crippen LogP) is 3.18. The van der Waals surface area contributed by atoms with Crippen molar-refractivity contribution in [1.29, 1.82) is 0 Å². The summed E-state index contributed by atoms with van der Waals surface area (Å²) in [6.07, 6.45) is 3.29. The SMILES string of the molecule is CCCCc1ccc(N2C(=O)COC2c2ccc(CCS(=O)(=O)NC)cc2)cc1. The highest BCUT2D eigenvalue weighted by Crippen LogP contribution is 2.33. The number of hydrogen-bond donors (Lipinski definition) is 1. The Kier molecular flexibility index (Phi) is 7.05. The van der Waals surface area contributed by atoms with Crippen molar-refractivity contribution in [3.8, 4) is 0 Å². The van der Waals surface area contributed by atoms with E-state index in [4.69, 9.17) is 4.74 Å². The molecular formula is C22H28N2O4S. The smallest absolute Gasteiger partial charge is 0.255 e. The first-order valence-corrected chi connectivity index (χ1v) is 11.6. The summed E-state index contributed by atoms with van der Waals surface area (Å²) in [5.41, 5.74) is 3.87. The molecule has 0 saturated carbocycles. The number of carbonyl (C=O) groups is 1. The Balaban J connectivity index is 1.73. The Bertz CT molecular complexity index is 924. The number of nitrogens with one attached hydrogen (secondary N) is 1. The van der Waals surface area contributed by atoms with Gasteiger partial charge < -0.3 is 4.74 Å². The second-order valence-electron chi connectivity index (χ2n) is 7.21. The second-order valence-corrected chi connectivity index (χ2v) is 9.26. The van der Waals surface area contributed by atoms with E-state index in [0.29, 0.717) is 6.42 Å². The first-order chi connectivity index (χ1) is 13.9. The molecule has 2 aromatic rings. The minimum Gasteiger partial charge on any atom is -0.344 e. The largest absolute Gasteiger partial charge is 0.344 e. The molecule has 0 spiro atoms. The molecule has 1 atom stereocenters. The average Bonchev–Trinajstić information content (AvgIpc) is 3.13. The van der Waals surface area contributed by atoms with Gasteiger partial charge in [-0.25, -0.2) is 13.1 Å². The average molecular weight is 417 g/mol. The van der Waals surface area contributed by atoms with Crippen molar-refractivity contribution < 1.29 is 17.9 Å². The van der Waals surface area contributed by atoms with Gasteiger partial charge in [-0.1, -0.05) is 49.7 Å². The molecule has 0 aromatic heterocycles. The molecule has 1 aliphatic heterocycles. The third-order valence-electron chi connectivity index (χ3n) is 5.14. The van der Waals surface area contributed by atoms with E-state index in [0.717, 1.165) is 36.1 Å². The number of sulfonamides is 1. The normalized spacial score (nSPS) is 17.1. The van der Waals surface area contributed by atoms with Crippen LogP contribution in [0.1, 0.15) is 42.7 Å². The monoisotopic (exact) mass is 416 g/mol. The van der Waals surface area contributed by atoms with Crippen LogP contribution in [-0.2, 0) is 32.4 Å². The molecule has 0 aliphatic carbocycles. The van der Waals surface area contributed by atoms with Crippen LogP contribution in [0.4, 0.5) is 5.69 Å². The summed E-state index contributed by atoms with van der Waals surface area (Å²) in [6, 6.07) is 15.7. The molecule has 7 heteroatoms. The molecular weight excluding hydrogens is 388 g/mol. The summed E-state index contributed by atoms with van der Waals surface area (Å²) in [7, 11) is -1.82. The lowest BCUT2D eigenvalue weighted by atomic mass is 10.1. The Morgan fingerprint density at radius 2 is 1.66 bits per heavy atom. The van der Waals surface area contributed by atoms with Crippen molar-refractivity contribution in [2.75, 3.05) is 24.3 Å². The van der Waals surface area contributed by atoms with Crippen LogP contribution in [0.15, 0.2) is 48.5 Å². The van der Waals surface area contributed by atoms with Gasteiger partial charge >= 0.3 is 0 Å². The molecule has 1 fully saturated rings. The maximum atomic E-state index is 12.5. The fourth-order valence-electron chi connectivity index (χ4n) is 3.36. The Morgan fingerprint density at radius 1 is 1.03 bits per heavy atom. The van der Waals surface area contributed by atoms with E-state index in [1.807, 2.05) is 36.4 Å². The van der Waals surface area contributed by atoms with Crippen molar-refractivity contribution in [3.05, 3.63) is 65.2 Å². The van der Waals surface area contributed by atoms with Crippen LogP contribution in [0.2, 0.25) is 0 Å². The zero-order valence-corrected chi connectivity index (χ0v) is 17.7. The number of benzene rings is 2. The number of rotatable bonds is 9. The number of aryl methyl sites for hydroxylation is 2. The molecule has 0 bridgehead atoms. The molecule has 1 unspecified atom stereocenters. The molecule has 0 radical (unpaired) electrons. The molecule has 1 aliphatic rings. The molecule has 3 rings (SSSR count). The zero-order chi connectivity index (χ0) is 20.9. The van der Waals surface area contributed by atoms with Gasteiger partial charge in [0.05, 0.1) is 5.75 Å². The Hall–Kier alpha value is -2.22. The second kappa shape index (κ2) is 9.52. The lowest BCUT2D eigenvalue weighted by molar-refractivity contribution is -0.117. The van der Waals surface area contributed by atoms with Crippen molar-refractivity contribution in [1.82, 2.24) is 4.72 Å². The van der Waals surface area contributed by atoms with Crippen LogP contribution in [0.25, 0.3) is 0 Å². The summed E-state index contributed by atoms with van der Waals surface area (Å²) in [4.78, 5) is 14.1. The van der Waals surface area contributed by atoms with Gasteiger partial charge in [0.1, 0.15) is 6.61 Å². The van der Waals surface area contributed by atoms with Crippen LogP contribution in [-0.4, -0.2) is 33.7 Å². The van der Waals surface area contributed by atoms with Gasteiger partial charge in [0.2, 0.25) is 10.0 Å². The lowest BCUT2D eigenvalue weighted by Crippen LogP contribution is -2.28. The highest BCUT2D eigenvalue weighted by atomic mass is 32.2. The Morgan fingerprint density at radius 3 is 2.28 bits per heavy atom. The summed E-state index contributed by atoms with van der Waals surface area (Å²) >= 11 is 0. The maximum absolute atomic E-state index is 12.5. The molecule has 1 amide bonds. The lowest BCUT2D eigenvalue weighted by Gasteiger charge is -2.24. The summed E-state index contributed by atoms with van der Waals surface area (Å²) < 4.78 is 31.3. The van der Waals surface area contributed by atoms with E-state index in [-0.39, 0.29) is 18.3 Å². The van der Waals surface area contributed by atoms with E-state index in [1.165, 1.54) is 12.6 Å². The van der Waals surface area contributed by atoms with Gasteiger partial charge in [0.25, 0.3) is 5.91 Å². The maximum Gasteiger partial charge on any atom is 0.255 e. The summed E-state index contributed by atoms with van der Waals surface area (Å²) in [6.45, 7) is 2.22. The molecule has 1 heterocycles. The molecule has 2 aromatic carbocycles. The van der Waals surface area contributed by atoms with E-state index in [1.54, 1.807) is 4.90 Å². The van der Waals surface area contributed by atoms with Crippen LogP contribution < -0.4 is 9.62 Å². The van der Waals surface area contributed by atoms with Gasteiger partial charge in [0, 0.05) is 11.3 Å². The minimum atomic E-state index is -3.23. The van der Waals surface area contributed by atoms with E-state index < -0.39 is 16.3 Å². The van der Waals surface area contributed by atoms with Crippen LogP contribution in [0.5, 0.6) is 0 Å². The molecule has 1 saturated heterocycles. The molecule has 6 nitrogen and oxygen atoms in total. The first kappa shape index (κ1) is 21.5. The number of anilines is 1. The molecule has 29 heavy (non-hydrogen) atoms. The van der Waals surface area contributed by atoms with Gasteiger partial charge in [-0.3, -0.25) is 9.69 Å². The third-order valence-corrected chi connectivity index (χ3v) is 6.50. The van der Waals surface area contributed by atoms with Crippen molar-refractivity contribution >= 4 is 21.6 Å². The van der Waals surface area contributed by atoms with Crippen LogP contribution in [0, 0.1) is 0 Å². The minimum absolute atomic E-state index is 0.0395. The van der Waals surface area contributed by atoms with E-state index in [2.05, 4.69) is 23.8 Å². The van der Waals surface area contributed by atoms with Crippen LogP contribution >= 0.6 is 0 Å². The van der Waals surface area contributed by atoms with Crippen molar-refractivity contribution in [2.24, 2.45) is 0 Å². The number of hydrogen-bond acceptors (Lipinski definition) is 4. The predicted molar refractivity (Wildman–Crippen MR) is 114 cm³/mol. The quantitative estimate of drug-likeness (QED) is 0.681. The number of carbonyl (C=O) groups excluding carboxylic acids is 1. The summed E-state index contributed by atoms with van der Waals surface area (Å²) in [5.74, 6) is -0.0295. The number of amides is 1. The highest BCUT2D eigenvalue weighted by Gasteiger charge is 2.34. The number of nitrogens with zero attached hydrogens (tertiary/aromatic N) is 1. The van der Waals surface area contributed by atoms with Gasteiger partial charge in [-0.2, -0.15) is 0 Å². The topological polar surface area (TPSA) is 75.7 Å². The zero-order valence-electron chi connectivity index (χ0n) is 16.9. The molecule has 1 N–H and O–H groups in total. The Labute approximate surface area is 172 Å². The third kappa shape index (κ3) is 5.44. The van der Waals surface area contributed by atoms with Crippen molar-refractivity contribution in [2.45, 2.75) is 38.8 Å². The fourth-order valence-corrected chi connectivity index (χ4v) is 4.07. The highest BCUT2D eigenvalue weighted by molar-refractivity contribution is 7.89. The standard InChI is InChI=1S/C22H28N2O4S/c1-3-4-5-17-8-12-20(13-9-17)24-21(25)16-28-22(24)19-10-6-18(7-11-19)14-15-29(26,27)23-2/h6-13,22-23H,3-5,14-16H2,1-2H3. The van der Waals surface area contributed by atoms with Crippen LogP contribution in [0.3, 0.4) is 0 Å². The molecule has 156 valence electrons. The number of unbranched alkanes of at least 4 members (excludes halogenated alkanes) is 1. The van der Waals surface area contributed by atoms with E-state index in [9.17, 15) is 13.2 Å². The van der Waals surface area contributed by atoms with Gasteiger partial charge in [0.15, 0.2) is 6.23 Å².